The maximum atomic E-state index is 12.8. The molecule has 1 aliphatic rings. The van der Waals surface area contributed by atoms with Gasteiger partial charge in [-0.25, -0.2) is 4.39 Å². The number of carbonyl (C=O) groups excluding carboxylic acids is 1. The van der Waals surface area contributed by atoms with Crippen molar-refractivity contribution < 1.29 is 9.18 Å². The Hall–Kier alpha value is -1.42. The maximum Gasteiger partial charge on any atom is 0.251 e. The number of likely N-dealkylation sites (N-methyl/N-ethyl adjacent to an activating group) is 1. The predicted octanol–water partition coefficient (Wildman–Crippen LogP) is 2.04. The molecule has 18 heavy (non-hydrogen) atoms. The molecule has 0 aromatic heterocycles. The molecule has 1 aromatic rings. The van der Waals surface area contributed by atoms with E-state index in [-0.39, 0.29) is 17.8 Å². The summed E-state index contributed by atoms with van der Waals surface area (Å²) in [4.78, 5) is 14.3. The first-order valence-electron chi connectivity index (χ1n) is 6.48. The number of amides is 1. The van der Waals surface area contributed by atoms with Gasteiger partial charge < -0.3 is 10.2 Å². The van der Waals surface area contributed by atoms with E-state index in [1.807, 2.05) is 0 Å². The number of hydrogen-bond acceptors (Lipinski definition) is 2. The van der Waals surface area contributed by atoms with Crippen LogP contribution in [0, 0.1) is 5.82 Å². The van der Waals surface area contributed by atoms with E-state index in [0.29, 0.717) is 5.56 Å². The van der Waals surface area contributed by atoms with Crippen molar-refractivity contribution in [2.24, 2.45) is 0 Å². The monoisotopic (exact) mass is 250 g/mol. The smallest absolute Gasteiger partial charge is 0.251 e. The van der Waals surface area contributed by atoms with Crippen LogP contribution in [0.4, 0.5) is 4.39 Å². The average molecular weight is 250 g/mol. The summed E-state index contributed by atoms with van der Waals surface area (Å²) < 4.78 is 12.8. The summed E-state index contributed by atoms with van der Waals surface area (Å²) in [6, 6.07) is 5.87. The van der Waals surface area contributed by atoms with Crippen molar-refractivity contribution in [2.75, 3.05) is 19.6 Å². The highest BCUT2D eigenvalue weighted by atomic mass is 19.1. The zero-order chi connectivity index (χ0) is 13.0. The van der Waals surface area contributed by atoms with E-state index in [9.17, 15) is 9.18 Å². The van der Waals surface area contributed by atoms with E-state index in [0.717, 1.165) is 32.5 Å². The van der Waals surface area contributed by atoms with Gasteiger partial charge >= 0.3 is 0 Å². The molecule has 0 saturated carbocycles. The summed E-state index contributed by atoms with van der Waals surface area (Å²) in [5.41, 5.74) is 0.519. The second kappa shape index (κ2) is 5.96. The molecule has 3 nitrogen and oxygen atoms in total. The van der Waals surface area contributed by atoms with Gasteiger partial charge in [-0.05, 0) is 50.2 Å². The Bertz CT molecular complexity index is 405. The van der Waals surface area contributed by atoms with Gasteiger partial charge in [-0.2, -0.15) is 0 Å². The Balaban J connectivity index is 1.92. The number of halogens is 1. The minimum Gasteiger partial charge on any atom is -0.348 e. The highest BCUT2D eigenvalue weighted by Crippen LogP contribution is 2.11. The van der Waals surface area contributed by atoms with Crippen LogP contribution in [0.5, 0.6) is 0 Å². The number of nitrogens with one attached hydrogen (secondary N) is 1. The molecule has 1 atom stereocenters. The highest BCUT2D eigenvalue weighted by Gasteiger charge is 2.20. The van der Waals surface area contributed by atoms with Crippen LogP contribution in [0.3, 0.4) is 0 Å². The van der Waals surface area contributed by atoms with E-state index in [4.69, 9.17) is 0 Å². The van der Waals surface area contributed by atoms with Crippen LogP contribution in [-0.2, 0) is 0 Å². The van der Waals surface area contributed by atoms with E-state index in [2.05, 4.69) is 17.1 Å². The third-order valence-corrected chi connectivity index (χ3v) is 3.39. The molecule has 0 spiro atoms. The number of rotatable bonds is 3. The topological polar surface area (TPSA) is 32.3 Å². The van der Waals surface area contributed by atoms with Crippen LogP contribution in [0.2, 0.25) is 0 Å². The SMILES string of the molecule is CCN1CCC[C@@H](NC(=O)c2ccc(F)cc2)C1. The molecule has 1 fully saturated rings. The molecule has 98 valence electrons. The minimum atomic E-state index is -0.318. The lowest BCUT2D eigenvalue weighted by Gasteiger charge is -2.32. The summed E-state index contributed by atoms with van der Waals surface area (Å²) in [5, 5.41) is 3.02. The maximum absolute atomic E-state index is 12.8. The molecule has 4 heteroatoms. The van der Waals surface area contributed by atoms with Crippen molar-refractivity contribution in [1.29, 1.82) is 0 Å². The molecule has 0 unspecified atom stereocenters. The van der Waals surface area contributed by atoms with Crippen molar-refractivity contribution in [3.8, 4) is 0 Å². The molecule has 1 aliphatic heterocycles. The molecular formula is C14H19FN2O. The summed E-state index contributed by atoms with van der Waals surface area (Å²) >= 11 is 0. The molecule has 1 aromatic carbocycles. The lowest BCUT2D eigenvalue weighted by Crippen LogP contribution is -2.47. The average Bonchev–Trinajstić information content (AvgIpc) is 2.39. The third-order valence-electron chi connectivity index (χ3n) is 3.39. The first-order chi connectivity index (χ1) is 8.69. The fourth-order valence-corrected chi connectivity index (χ4v) is 2.33. The Morgan fingerprint density at radius 3 is 2.83 bits per heavy atom. The van der Waals surface area contributed by atoms with Gasteiger partial charge in [0.25, 0.3) is 5.91 Å². The Labute approximate surface area is 107 Å². The molecule has 1 saturated heterocycles. The lowest BCUT2D eigenvalue weighted by molar-refractivity contribution is 0.0906. The number of nitrogens with zero attached hydrogens (tertiary/aromatic N) is 1. The highest BCUT2D eigenvalue weighted by molar-refractivity contribution is 5.94. The number of hydrogen-bond donors (Lipinski definition) is 1. The summed E-state index contributed by atoms with van der Waals surface area (Å²) in [5.74, 6) is -0.431. The van der Waals surface area contributed by atoms with E-state index < -0.39 is 0 Å². The molecule has 0 bridgehead atoms. The summed E-state index contributed by atoms with van der Waals surface area (Å²) in [7, 11) is 0. The minimum absolute atomic E-state index is 0.113. The third kappa shape index (κ3) is 3.29. The molecule has 0 radical (unpaired) electrons. The van der Waals surface area contributed by atoms with E-state index in [1.54, 1.807) is 0 Å². The number of likely N-dealkylation sites (tertiary alicyclic amines) is 1. The van der Waals surface area contributed by atoms with Gasteiger partial charge in [-0.3, -0.25) is 4.79 Å². The van der Waals surface area contributed by atoms with Crippen LogP contribution < -0.4 is 5.32 Å². The van der Waals surface area contributed by atoms with E-state index in [1.165, 1.54) is 24.3 Å². The summed E-state index contributed by atoms with van der Waals surface area (Å²) in [6.07, 6.45) is 2.13. The molecule has 0 aliphatic carbocycles. The number of benzene rings is 1. The van der Waals surface area contributed by atoms with Gasteiger partial charge in [0.1, 0.15) is 5.82 Å². The van der Waals surface area contributed by atoms with Gasteiger partial charge in [0.15, 0.2) is 0 Å². The Kier molecular flexibility index (Phi) is 4.31. The van der Waals surface area contributed by atoms with Crippen LogP contribution in [0.1, 0.15) is 30.1 Å². The lowest BCUT2D eigenvalue weighted by atomic mass is 10.1. The molecule has 1 heterocycles. The Morgan fingerprint density at radius 1 is 1.44 bits per heavy atom. The molecule has 1 N–H and O–H groups in total. The van der Waals surface area contributed by atoms with Crippen molar-refractivity contribution in [3.63, 3.8) is 0 Å². The zero-order valence-electron chi connectivity index (χ0n) is 10.7. The van der Waals surface area contributed by atoms with Crippen molar-refractivity contribution in [2.45, 2.75) is 25.8 Å². The standard InChI is InChI=1S/C14H19FN2O/c1-2-17-9-3-4-13(10-17)16-14(18)11-5-7-12(15)8-6-11/h5-8,13H,2-4,9-10H2,1H3,(H,16,18)/t13-/m1/s1. The second-order valence-corrected chi connectivity index (χ2v) is 4.71. The first kappa shape index (κ1) is 13.0. The summed E-state index contributed by atoms with van der Waals surface area (Å²) in [6.45, 7) is 5.16. The van der Waals surface area contributed by atoms with Crippen molar-refractivity contribution >= 4 is 5.91 Å². The second-order valence-electron chi connectivity index (χ2n) is 4.71. The fourth-order valence-electron chi connectivity index (χ4n) is 2.33. The normalized spacial score (nSPS) is 20.7. The largest absolute Gasteiger partial charge is 0.348 e. The van der Waals surface area contributed by atoms with E-state index >= 15 is 0 Å². The van der Waals surface area contributed by atoms with Gasteiger partial charge in [0, 0.05) is 18.2 Å². The number of carbonyl (C=O) groups is 1. The van der Waals surface area contributed by atoms with Gasteiger partial charge in [-0.1, -0.05) is 6.92 Å². The van der Waals surface area contributed by atoms with Gasteiger partial charge in [0.2, 0.25) is 0 Å². The van der Waals surface area contributed by atoms with Crippen LogP contribution in [0.25, 0.3) is 0 Å². The van der Waals surface area contributed by atoms with Gasteiger partial charge in [-0.15, -0.1) is 0 Å². The number of piperidine rings is 1. The van der Waals surface area contributed by atoms with Crippen molar-refractivity contribution in [3.05, 3.63) is 35.6 Å². The zero-order valence-corrected chi connectivity index (χ0v) is 10.7. The Morgan fingerprint density at radius 2 is 2.17 bits per heavy atom. The molecule has 2 rings (SSSR count). The quantitative estimate of drug-likeness (QED) is 0.890. The van der Waals surface area contributed by atoms with Crippen LogP contribution in [-0.4, -0.2) is 36.5 Å². The first-order valence-corrected chi connectivity index (χ1v) is 6.48. The van der Waals surface area contributed by atoms with Crippen molar-refractivity contribution in [1.82, 2.24) is 10.2 Å². The predicted molar refractivity (Wildman–Crippen MR) is 69.0 cm³/mol. The van der Waals surface area contributed by atoms with Crippen LogP contribution in [0.15, 0.2) is 24.3 Å². The molecule has 1 amide bonds. The fraction of sp³-hybridized carbons (Fsp3) is 0.500. The van der Waals surface area contributed by atoms with Crippen LogP contribution >= 0.6 is 0 Å². The van der Waals surface area contributed by atoms with Gasteiger partial charge in [0.05, 0.1) is 0 Å². The molecular weight excluding hydrogens is 231 g/mol.